The fraction of sp³-hybridized carbons (Fsp3) is 0.722. The Morgan fingerprint density at radius 2 is 2.25 bits per heavy atom. The van der Waals surface area contributed by atoms with E-state index in [0.717, 1.165) is 44.2 Å². The monoisotopic (exact) mass is 330 g/mol. The topological polar surface area (TPSA) is 79.9 Å². The highest BCUT2D eigenvalue weighted by Gasteiger charge is 2.41. The highest BCUT2D eigenvalue weighted by molar-refractivity contribution is 5.85. The van der Waals surface area contributed by atoms with E-state index in [1.807, 2.05) is 4.68 Å². The summed E-state index contributed by atoms with van der Waals surface area (Å²) in [5.41, 5.74) is 1.33. The van der Waals surface area contributed by atoms with Gasteiger partial charge in [-0.2, -0.15) is 10.4 Å². The lowest BCUT2D eigenvalue weighted by Gasteiger charge is -2.32. The van der Waals surface area contributed by atoms with E-state index in [9.17, 15) is 10.1 Å². The smallest absolute Gasteiger partial charge is 0.241 e. The Bertz CT molecular complexity index is 625. The van der Waals surface area contributed by atoms with Gasteiger partial charge >= 0.3 is 0 Å². The molecule has 0 saturated heterocycles. The number of hydrogen-bond donors (Lipinski definition) is 1. The molecule has 130 valence electrons. The minimum atomic E-state index is -0.839. The maximum atomic E-state index is 12.8. The van der Waals surface area contributed by atoms with Crippen molar-refractivity contribution in [1.82, 2.24) is 15.1 Å². The van der Waals surface area contributed by atoms with Crippen molar-refractivity contribution < 1.29 is 9.53 Å². The fourth-order valence-electron chi connectivity index (χ4n) is 3.88. The minimum Gasteiger partial charge on any atom is -0.383 e. The van der Waals surface area contributed by atoms with Crippen LogP contribution in [0.1, 0.15) is 62.2 Å². The van der Waals surface area contributed by atoms with Crippen molar-refractivity contribution in [3.05, 3.63) is 17.5 Å². The molecule has 0 spiro atoms. The second-order valence-electron chi connectivity index (χ2n) is 6.97. The van der Waals surface area contributed by atoms with Crippen LogP contribution in [0.15, 0.2) is 6.20 Å². The maximum Gasteiger partial charge on any atom is 0.241 e. The summed E-state index contributed by atoms with van der Waals surface area (Å²) in [5, 5.41) is 17.4. The van der Waals surface area contributed by atoms with Gasteiger partial charge in [0.1, 0.15) is 5.41 Å². The van der Waals surface area contributed by atoms with Crippen molar-refractivity contribution >= 4 is 5.91 Å². The largest absolute Gasteiger partial charge is 0.383 e. The number of aryl methyl sites for hydroxylation is 1. The molecule has 2 aliphatic carbocycles. The molecule has 1 N–H and O–H groups in total. The zero-order valence-corrected chi connectivity index (χ0v) is 14.4. The SMILES string of the molecule is COCCn1cc2c(n1)[C@@H](NC(=O)C1(C#N)CCCCC1)CCC2. The number of fused-ring (bicyclic) bond motifs is 1. The molecule has 0 aromatic carbocycles. The van der Waals surface area contributed by atoms with E-state index in [-0.39, 0.29) is 11.9 Å². The lowest BCUT2D eigenvalue weighted by atomic mass is 9.74. The Kier molecular flexibility index (Phi) is 5.20. The first-order valence-corrected chi connectivity index (χ1v) is 8.96. The zero-order valence-electron chi connectivity index (χ0n) is 14.4. The summed E-state index contributed by atoms with van der Waals surface area (Å²) in [4.78, 5) is 12.8. The van der Waals surface area contributed by atoms with Crippen molar-refractivity contribution in [2.75, 3.05) is 13.7 Å². The number of methoxy groups -OCH3 is 1. The van der Waals surface area contributed by atoms with E-state index in [1.165, 1.54) is 5.56 Å². The molecule has 1 atom stereocenters. The summed E-state index contributed by atoms with van der Waals surface area (Å²) in [6.45, 7) is 1.33. The molecule has 1 aromatic rings. The van der Waals surface area contributed by atoms with Gasteiger partial charge in [0.2, 0.25) is 5.91 Å². The number of carbonyl (C=O) groups excluding carboxylic acids is 1. The van der Waals surface area contributed by atoms with Crippen molar-refractivity contribution in [3.63, 3.8) is 0 Å². The van der Waals surface area contributed by atoms with Gasteiger partial charge in [0.05, 0.1) is 31.0 Å². The van der Waals surface area contributed by atoms with Crippen LogP contribution in [0, 0.1) is 16.7 Å². The number of aromatic nitrogens is 2. The van der Waals surface area contributed by atoms with Crippen LogP contribution in [0.5, 0.6) is 0 Å². The second-order valence-corrected chi connectivity index (χ2v) is 6.97. The van der Waals surface area contributed by atoms with Crippen molar-refractivity contribution in [2.45, 2.75) is 64.0 Å². The van der Waals surface area contributed by atoms with Gasteiger partial charge in [-0.3, -0.25) is 9.48 Å². The molecule has 0 aliphatic heterocycles. The second kappa shape index (κ2) is 7.35. The van der Waals surface area contributed by atoms with E-state index in [4.69, 9.17) is 4.74 Å². The molecule has 1 aromatic heterocycles. The average molecular weight is 330 g/mol. The Morgan fingerprint density at radius 1 is 1.46 bits per heavy atom. The first kappa shape index (κ1) is 17.0. The van der Waals surface area contributed by atoms with Gasteiger partial charge < -0.3 is 10.1 Å². The van der Waals surface area contributed by atoms with E-state index in [2.05, 4.69) is 22.7 Å². The third kappa shape index (κ3) is 3.32. The molecule has 6 heteroatoms. The predicted octanol–water partition coefficient (Wildman–Crippen LogP) is 2.50. The van der Waals surface area contributed by atoms with Crippen molar-refractivity contribution in [3.8, 4) is 6.07 Å². The van der Waals surface area contributed by atoms with Crippen LogP contribution in [0.4, 0.5) is 0 Å². The predicted molar refractivity (Wildman–Crippen MR) is 89.1 cm³/mol. The average Bonchev–Trinajstić information content (AvgIpc) is 3.04. The molecule has 24 heavy (non-hydrogen) atoms. The Labute approximate surface area is 143 Å². The molecule has 0 unspecified atom stereocenters. The number of nitrogens with zero attached hydrogens (tertiary/aromatic N) is 3. The lowest BCUT2D eigenvalue weighted by Crippen LogP contribution is -2.43. The number of hydrogen-bond acceptors (Lipinski definition) is 4. The molecule has 1 saturated carbocycles. The zero-order chi connectivity index (χ0) is 17.0. The van der Waals surface area contributed by atoms with E-state index in [1.54, 1.807) is 7.11 Å². The van der Waals surface area contributed by atoms with Gasteiger partial charge in [0, 0.05) is 13.3 Å². The van der Waals surface area contributed by atoms with Crippen LogP contribution in [0.25, 0.3) is 0 Å². The number of rotatable bonds is 5. The Balaban J connectivity index is 1.73. The van der Waals surface area contributed by atoms with Gasteiger partial charge in [-0.25, -0.2) is 0 Å². The minimum absolute atomic E-state index is 0.0720. The third-order valence-electron chi connectivity index (χ3n) is 5.32. The Hall–Kier alpha value is -1.87. The molecular weight excluding hydrogens is 304 g/mol. The molecule has 6 nitrogen and oxygen atoms in total. The molecule has 0 radical (unpaired) electrons. The number of carbonyl (C=O) groups is 1. The number of nitriles is 1. The first-order chi connectivity index (χ1) is 11.7. The standard InChI is InChI=1S/C18H26N4O2/c1-24-11-10-22-12-14-6-5-7-15(16(14)21-22)20-17(23)18(13-19)8-3-2-4-9-18/h12,15H,2-11H2,1H3,(H,20,23)/t15-/m0/s1. The molecule has 0 bridgehead atoms. The van der Waals surface area contributed by atoms with Gasteiger partial charge in [-0.1, -0.05) is 19.3 Å². The lowest BCUT2D eigenvalue weighted by molar-refractivity contribution is -0.130. The van der Waals surface area contributed by atoms with Crippen molar-refractivity contribution in [2.24, 2.45) is 5.41 Å². The van der Waals surface area contributed by atoms with E-state index < -0.39 is 5.41 Å². The summed E-state index contributed by atoms with van der Waals surface area (Å²) in [7, 11) is 1.68. The third-order valence-corrected chi connectivity index (χ3v) is 5.32. The van der Waals surface area contributed by atoms with Crippen LogP contribution in [-0.4, -0.2) is 29.4 Å². The quantitative estimate of drug-likeness (QED) is 0.899. The Morgan fingerprint density at radius 3 is 2.96 bits per heavy atom. The van der Waals surface area contributed by atoms with Gasteiger partial charge in [0.25, 0.3) is 0 Å². The van der Waals surface area contributed by atoms with Crippen LogP contribution < -0.4 is 5.32 Å². The molecule has 1 amide bonds. The van der Waals surface area contributed by atoms with Gasteiger partial charge in [-0.05, 0) is 37.7 Å². The summed E-state index contributed by atoms with van der Waals surface area (Å²) >= 11 is 0. The number of amides is 1. The van der Waals surface area contributed by atoms with E-state index in [0.29, 0.717) is 26.0 Å². The van der Waals surface area contributed by atoms with Crippen molar-refractivity contribution in [1.29, 1.82) is 5.26 Å². The molecule has 3 rings (SSSR count). The highest BCUT2D eigenvalue weighted by atomic mass is 16.5. The molecule has 1 heterocycles. The number of nitrogens with one attached hydrogen (secondary N) is 1. The number of ether oxygens (including phenoxy) is 1. The van der Waals surface area contributed by atoms with Crippen LogP contribution in [-0.2, 0) is 22.5 Å². The fourth-order valence-corrected chi connectivity index (χ4v) is 3.88. The maximum absolute atomic E-state index is 12.8. The van der Waals surface area contributed by atoms with Gasteiger partial charge in [-0.15, -0.1) is 0 Å². The first-order valence-electron chi connectivity index (χ1n) is 8.96. The summed E-state index contributed by atoms with van der Waals surface area (Å²) in [6.07, 6.45) is 9.38. The molecule has 1 fully saturated rings. The summed E-state index contributed by atoms with van der Waals surface area (Å²) in [6, 6.07) is 2.24. The van der Waals surface area contributed by atoms with Crippen LogP contribution in [0.2, 0.25) is 0 Å². The van der Waals surface area contributed by atoms with E-state index >= 15 is 0 Å². The summed E-state index contributed by atoms with van der Waals surface area (Å²) in [5.74, 6) is -0.103. The molecular formula is C18H26N4O2. The van der Waals surface area contributed by atoms with Crippen LogP contribution >= 0.6 is 0 Å². The van der Waals surface area contributed by atoms with Crippen LogP contribution in [0.3, 0.4) is 0 Å². The summed E-state index contributed by atoms with van der Waals surface area (Å²) < 4.78 is 7.01. The normalized spacial score (nSPS) is 22.4. The highest BCUT2D eigenvalue weighted by Crippen LogP contribution is 2.37. The van der Waals surface area contributed by atoms with Gasteiger partial charge in [0.15, 0.2) is 0 Å². The molecule has 2 aliphatic rings.